The molecule has 1 aliphatic heterocycles. The first-order valence-corrected chi connectivity index (χ1v) is 16.6. The van der Waals surface area contributed by atoms with Crippen LogP contribution >= 0.6 is 12.6 Å². The Labute approximate surface area is 303 Å². The summed E-state index contributed by atoms with van der Waals surface area (Å²) in [7, 11) is 0. The van der Waals surface area contributed by atoms with Crippen molar-refractivity contribution >= 4 is 71.9 Å². The Balaban J connectivity index is 2.91. The van der Waals surface area contributed by atoms with Gasteiger partial charge < -0.3 is 69.3 Å². The lowest BCUT2D eigenvalue weighted by atomic mass is 10.1. The van der Waals surface area contributed by atoms with Crippen LogP contribution in [0.15, 0.2) is 4.99 Å². The molecule has 1 aliphatic rings. The predicted octanol–water partition coefficient (Wildman–Crippen LogP) is -6.97. The second kappa shape index (κ2) is 22.6. The van der Waals surface area contributed by atoms with Gasteiger partial charge in [0.05, 0.1) is 26.1 Å². The van der Waals surface area contributed by atoms with E-state index in [2.05, 4.69) is 49.5 Å². The standard InChI is InChI=1S/C28H47N11O12S/c1-13(22(45)38-17(12-52)27(50)51)34-25(48)18-5-3-7-39(18)26(49)16(11-40)37-24(47)15(8-21(43)44)36-20(42)10-33-23(46)14(35-19(41)9-29)4-2-6-32-28(30)31/h13-18,40,52H,2-12,29H2,1H3,(H,33,46)(H,34,48)(H,35,41)(H,36,42)(H,37,47)(H,38,45)(H,43,44)(H,50,51)(H4,30,31,32)/t13-,14-,15-,16-,17-,18-/m0/s1. The fourth-order valence-corrected chi connectivity index (χ4v) is 5.01. The minimum absolute atomic E-state index is 0.0145. The van der Waals surface area contributed by atoms with Gasteiger partial charge in [-0.1, -0.05) is 0 Å². The maximum absolute atomic E-state index is 13.3. The molecule has 7 amide bonds. The number of carbonyl (C=O) groups excluding carboxylic acids is 7. The van der Waals surface area contributed by atoms with Gasteiger partial charge in [-0.25, -0.2) is 4.79 Å². The molecule has 0 radical (unpaired) electrons. The van der Waals surface area contributed by atoms with Crippen molar-refractivity contribution in [3.8, 4) is 0 Å². The van der Waals surface area contributed by atoms with Crippen molar-refractivity contribution < 1.29 is 58.5 Å². The summed E-state index contributed by atoms with van der Waals surface area (Å²) in [4.78, 5) is 116. The third-order valence-electron chi connectivity index (χ3n) is 7.42. The monoisotopic (exact) mass is 761 g/mol. The van der Waals surface area contributed by atoms with Crippen LogP contribution in [0.2, 0.25) is 0 Å². The molecule has 15 N–H and O–H groups in total. The number of aliphatic carboxylic acids is 2. The Hall–Kier alpha value is -5.23. The number of amides is 7. The van der Waals surface area contributed by atoms with Crippen LogP contribution in [0.5, 0.6) is 0 Å². The van der Waals surface area contributed by atoms with E-state index in [4.69, 9.17) is 22.3 Å². The van der Waals surface area contributed by atoms with Crippen molar-refractivity contribution in [3.63, 3.8) is 0 Å². The number of aliphatic hydroxyl groups excluding tert-OH is 1. The highest BCUT2D eigenvalue weighted by Crippen LogP contribution is 2.19. The van der Waals surface area contributed by atoms with Crippen molar-refractivity contribution in [2.75, 3.05) is 38.5 Å². The number of nitrogens with one attached hydrogen (secondary N) is 6. The third-order valence-corrected chi connectivity index (χ3v) is 7.79. The van der Waals surface area contributed by atoms with Crippen molar-refractivity contribution in [1.29, 1.82) is 0 Å². The summed E-state index contributed by atoms with van der Waals surface area (Å²) in [6, 6.07) is -8.29. The van der Waals surface area contributed by atoms with Gasteiger partial charge in [-0.3, -0.25) is 43.3 Å². The first-order valence-electron chi connectivity index (χ1n) is 15.9. The molecule has 1 fully saturated rings. The Kier molecular flexibility index (Phi) is 19.4. The summed E-state index contributed by atoms with van der Waals surface area (Å²) in [6.45, 7) is -0.748. The summed E-state index contributed by atoms with van der Waals surface area (Å²) in [5, 5.41) is 41.9. The molecule has 1 heterocycles. The molecule has 6 atom stereocenters. The zero-order valence-corrected chi connectivity index (χ0v) is 29.2. The lowest BCUT2D eigenvalue weighted by molar-refractivity contribution is -0.144. The molecule has 52 heavy (non-hydrogen) atoms. The average molecular weight is 762 g/mol. The van der Waals surface area contributed by atoms with Crippen LogP contribution in [0.1, 0.15) is 39.0 Å². The molecule has 0 aliphatic carbocycles. The van der Waals surface area contributed by atoms with Gasteiger partial charge in [0.1, 0.15) is 36.3 Å². The van der Waals surface area contributed by atoms with E-state index in [9.17, 15) is 53.4 Å². The van der Waals surface area contributed by atoms with E-state index in [1.54, 1.807) is 0 Å². The molecular formula is C28H47N11O12S. The van der Waals surface area contributed by atoms with Crippen LogP contribution in [0, 0.1) is 0 Å². The lowest BCUT2D eigenvalue weighted by Gasteiger charge is -2.29. The molecule has 24 heteroatoms. The number of hydrogen-bond donors (Lipinski definition) is 13. The molecule has 0 aromatic carbocycles. The van der Waals surface area contributed by atoms with Crippen LogP contribution in [0.4, 0.5) is 0 Å². The molecule has 23 nitrogen and oxygen atoms in total. The number of carbonyl (C=O) groups is 9. The minimum atomic E-state index is -1.79. The number of thiol groups is 1. The summed E-state index contributed by atoms with van der Waals surface area (Å²) < 4.78 is 0. The number of nitrogens with zero attached hydrogens (tertiary/aromatic N) is 2. The highest BCUT2D eigenvalue weighted by molar-refractivity contribution is 7.80. The van der Waals surface area contributed by atoms with Gasteiger partial charge in [0.2, 0.25) is 41.4 Å². The smallest absolute Gasteiger partial charge is 0.327 e. The van der Waals surface area contributed by atoms with Gasteiger partial charge in [-0.05, 0) is 32.6 Å². The summed E-state index contributed by atoms with van der Waals surface area (Å²) >= 11 is 3.86. The van der Waals surface area contributed by atoms with Crippen molar-refractivity contribution in [2.24, 2.45) is 22.2 Å². The van der Waals surface area contributed by atoms with Gasteiger partial charge in [0, 0.05) is 18.8 Å². The van der Waals surface area contributed by atoms with E-state index in [1.807, 2.05) is 0 Å². The second-order valence-corrected chi connectivity index (χ2v) is 11.8. The molecule has 0 aromatic rings. The lowest BCUT2D eigenvalue weighted by Crippen LogP contribution is -2.59. The molecule has 0 spiro atoms. The first kappa shape index (κ1) is 44.8. The summed E-state index contributed by atoms with van der Waals surface area (Å²) in [5.41, 5.74) is 15.8. The van der Waals surface area contributed by atoms with Crippen LogP contribution in [0.3, 0.4) is 0 Å². The number of carboxylic acids is 2. The van der Waals surface area contributed by atoms with E-state index in [1.165, 1.54) is 6.92 Å². The van der Waals surface area contributed by atoms with E-state index in [0.717, 1.165) is 4.90 Å². The van der Waals surface area contributed by atoms with Crippen molar-refractivity contribution in [1.82, 2.24) is 36.8 Å². The van der Waals surface area contributed by atoms with Gasteiger partial charge >= 0.3 is 11.9 Å². The number of guanidine groups is 1. The van der Waals surface area contributed by atoms with Gasteiger partial charge in [0.25, 0.3) is 0 Å². The molecule has 1 rings (SSSR count). The molecule has 0 saturated carbocycles. The Morgan fingerprint density at radius 1 is 0.865 bits per heavy atom. The number of nitrogens with two attached hydrogens (primary N) is 3. The fraction of sp³-hybridized carbons (Fsp3) is 0.643. The van der Waals surface area contributed by atoms with Crippen LogP contribution < -0.4 is 49.1 Å². The van der Waals surface area contributed by atoms with Gasteiger partial charge in [0.15, 0.2) is 5.96 Å². The molecular weight excluding hydrogens is 714 g/mol. The van der Waals surface area contributed by atoms with Crippen LogP contribution in [-0.2, 0) is 43.2 Å². The van der Waals surface area contributed by atoms with E-state index in [-0.39, 0.29) is 44.1 Å². The van der Waals surface area contributed by atoms with E-state index < -0.39 is 116 Å². The van der Waals surface area contributed by atoms with E-state index >= 15 is 0 Å². The normalized spacial score (nSPS) is 16.5. The molecule has 0 aromatic heterocycles. The summed E-state index contributed by atoms with van der Waals surface area (Å²) in [5.74, 6) is -9.48. The zero-order valence-electron chi connectivity index (χ0n) is 28.3. The molecule has 1 saturated heterocycles. The SMILES string of the molecule is C[C@H](NC(=O)[C@@H]1CCCN1C(=O)[C@H](CO)NC(=O)[C@H](CC(=O)O)NC(=O)CNC(=O)[C@H](CCCN=C(N)N)NC(=O)CN)C(=O)N[C@@H](CS)C(=O)O. The maximum atomic E-state index is 13.3. The second-order valence-electron chi connectivity index (χ2n) is 11.5. The van der Waals surface area contributed by atoms with Gasteiger partial charge in [-0.2, -0.15) is 12.6 Å². The van der Waals surface area contributed by atoms with Crippen molar-refractivity contribution in [3.05, 3.63) is 0 Å². The topological polar surface area (TPSA) is 380 Å². The number of hydrogen-bond acceptors (Lipinski definition) is 13. The van der Waals surface area contributed by atoms with Gasteiger partial charge in [-0.15, -0.1) is 0 Å². The highest BCUT2D eigenvalue weighted by Gasteiger charge is 2.39. The molecule has 0 unspecified atom stereocenters. The van der Waals surface area contributed by atoms with Crippen molar-refractivity contribution in [2.45, 2.75) is 75.3 Å². The first-order chi connectivity index (χ1) is 24.4. The average Bonchev–Trinajstić information content (AvgIpc) is 3.58. The largest absolute Gasteiger partial charge is 0.481 e. The van der Waals surface area contributed by atoms with Crippen LogP contribution in [-0.4, -0.2) is 154 Å². The predicted molar refractivity (Wildman–Crippen MR) is 183 cm³/mol. The molecule has 292 valence electrons. The van der Waals surface area contributed by atoms with Crippen LogP contribution in [0.25, 0.3) is 0 Å². The number of carboxylic acid groups (broad SMARTS) is 2. The number of aliphatic hydroxyl groups is 1. The zero-order chi connectivity index (χ0) is 39.5. The summed E-state index contributed by atoms with van der Waals surface area (Å²) in [6.07, 6.45) is -0.198. The highest BCUT2D eigenvalue weighted by atomic mass is 32.1. The van der Waals surface area contributed by atoms with E-state index in [0.29, 0.717) is 6.42 Å². The fourth-order valence-electron chi connectivity index (χ4n) is 4.76. The maximum Gasteiger partial charge on any atom is 0.327 e. The number of aliphatic imine (C=N–C) groups is 1. The number of rotatable bonds is 22. The molecule has 0 bridgehead atoms. The Morgan fingerprint density at radius 2 is 1.50 bits per heavy atom. The quantitative estimate of drug-likeness (QED) is 0.0211. The number of likely N-dealkylation sites (tertiary alicyclic amines) is 1. The Bertz CT molecular complexity index is 1360. The Morgan fingerprint density at radius 3 is 2.06 bits per heavy atom. The minimum Gasteiger partial charge on any atom is -0.481 e. The third kappa shape index (κ3) is 15.3.